The van der Waals surface area contributed by atoms with Gasteiger partial charge in [0.15, 0.2) is 0 Å². The Hall–Kier alpha value is -1.50. The van der Waals surface area contributed by atoms with Crippen molar-refractivity contribution in [3.8, 4) is 0 Å². The monoisotopic (exact) mass is 235 g/mol. The van der Waals surface area contributed by atoms with E-state index in [1.165, 1.54) is 6.20 Å². The lowest BCUT2D eigenvalue weighted by atomic mass is 10.4. The van der Waals surface area contributed by atoms with E-state index in [1.54, 1.807) is 12.1 Å². The maximum Gasteiger partial charge on any atom is 0.411 e. The fraction of sp³-hybridized carbons (Fsp3) is 0.444. The van der Waals surface area contributed by atoms with Gasteiger partial charge in [0.25, 0.3) is 0 Å². The molecule has 3 N–H and O–H groups in total. The molecule has 1 rings (SSSR count). The summed E-state index contributed by atoms with van der Waals surface area (Å²) in [4.78, 5) is 3.91. The first-order valence-electron chi connectivity index (χ1n) is 4.58. The van der Waals surface area contributed by atoms with E-state index < -0.39 is 12.8 Å². The number of hydrogen-bond donors (Lipinski definition) is 2. The van der Waals surface area contributed by atoms with Crippen LogP contribution in [-0.4, -0.2) is 30.9 Å². The molecule has 4 nitrogen and oxygen atoms in total. The van der Waals surface area contributed by atoms with Crippen molar-refractivity contribution in [2.45, 2.75) is 6.18 Å². The number of hydrogen-bond acceptors (Lipinski definition) is 4. The summed E-state index contributed by atoms with van der Waals surface area (Å²) in [5.41, 5.74) is 6.00. The highest BCUT2D eigenvalue weighted by molar-refractivity contribution is 5.60. The van der Waals surface area contributed by atoms with Gasteiger partial charge < -0.3 is 15.8 Å². The van der Waals surface area contributed by atoms with Crippen LogP contribution in [0.25, 0.3) is 0 Å². The zero-order valence-corrected chi connectivity index (χ0v) is 8.42. The Morgan fingerprint density at radius 1 is 1.44 bits per heavy atom. The molecule has 90 valence electrons. The highest BCUT2D eigenvalue weighted by Gasteiger charge is 2.27. The van der Waals surface area contributed by atoms with Gasteiger partial charge in [-0.1, -0.05) is 0 Å². The van der Waals surface area contributed by atoms with Crippen LogP contribution in [0.15, 0.2) is 18.3 Å². The molecule has 0 saturated carbocycles. The summed E-state index contributed by atoms with van der Waals surface area (Å²) in [7, 11) is 0. The molecule has 0 aliphatic carbocycles. The molecule has 7 heteroatoms. The number of anilines is 2. The number of nitrogens with one attached hydrogen (secondary N) is 1. The van der Waals surface area contributed by atoms with Gasteiger partial charge in [-0.2, -0.15) is 13.2 Å². The second-order valence-corrected chi connectivity index (χ2v) is 3.04. The zero-order valence-electron chi connectivity index (χ0n) is 8.42. The van der Waals surface area contributed by atoms with E-state index in [4.69, 9.17) is 5.73 Å². The van der Waals surface area contributed by atoms with Crippen LogP contribution < -0.4 is 11.1 Å². The molecule has 0 saturated heterocycles. The Balaban J connectivity index is 2.19. The molecule has 1 aromatic rings. The smallest absolute Gasteiger partial charge is 0.396 e. The molecular weight excluding hydrogens is 223 g/mol. The van der Waals surface area contributed by atoms with Crippen LogP contribution in [0.2, 0.25) is 0 Å². The number of nitrogens with two attached hydrogens (primary N) is 1. The molecule has 0 amide bonds. The van der Waals surface area contributed by atoms with E-state index in [0.717, 1.165) is 0 Å². The molecule has 0 aromatic carbocycles. The van der Waals surface area contributed by atoms with Crippen molar-refractivity contribution in [3.05, 3.63) is 18.3 Å². The van der Waals surface area contributed by atoms with Gasteiger partial charge >= 0.3 is 6.18 Å². The quantitative estimate of drug-likeness (QED) is 0.762. The first kappa shape index (κ1) is 12.6. The van der Waals surface area contributed by atoms with Crippen LogP contribution >= 0.6 is 0 Å². The summed E-state index contributed by atoms with van der Waals surface area (Å²) in [5, 5.41) is 2.77. The molecular formula is C9H12F3N3O. The SMILES string of the molecule is Nc1cccnc1NCCOCC(F)(F)F. The third-order valence-corrected chi connectivity index (χ3v) is 1.64. The minimum absolute atomic E-state index is 0.0600. The van der Waals surface area contributed by atoms with Crippen molar-refractivity contribution in [1.29, 1.82) is 0 Å². The summed E-state index contributed by atoms with van der Waals surface area (Å²) in [6.07, 6.45) is -2.75. The summed E-state index contributed by atoms with van der Waals surface area (Å²) < 4.78 is 39.5. The van der Waals surface area contributed by atoms with Gasteiger partial charge in [0, 0.05) is 12.7 Å². The van der Waals surface area contributed by atoms with E-state index >= 15 is 0 Å². The Kier molecular flexibility index (Phi) is 4.36. The lowest BCUT2D eigenvalue weighted by Crippen LogP contribution is -2.20. The molecule has 1 heterocycles. The van der Waals surface area contributed by atoms with Crippen LogP contribution in [0.4, 0.5) is 24.7 Å². The first-order chi connectivity index (χ1) is 7.49. The molecule has 1 aromatic heterocycles. The average molecular weight is 235 g/mol. The van der Waals surface area contributed by atoms with Gasteiger partial charge in [0.2, 0.25) is 0 Å². The molecule has 0 bridgehead atoms. The largest absolute Gasteiger partial charge is 0.411 e. The number of ether oxygens (including phenoxy) is 1. The Labute approximate surface area is 90.6 Å². The second-order valence-electron chi connectivity index (χ2n) is 3.04. The predicted octanol–water partition coefficient (Wildman–Crippen LogP) is 1.65. The first-order valence-corrected chi connectivity index (χ1v) is 4.58. The van der Waals surface area contributed by atoms with Crippen LogP contribution in [0.1, 0.15) is 0 Å². The number of rotatable bonds is 5. The maximum atomic E-state index is 11.7. The van der Waals surface area contributed by atoms with Crippen molar-refractivity contribution >= 4 is 11.5 Å². The average Bonchev–Trinajstić information content (AvgIpc) is 2.18. The number of pyridine rings is 1. The molecule has 0 atom stereocenters. The van der Waals surface area contributed by atoms with Crippen molar-refractivity contribution in [3.63, 3.8) is 0 Å². The summed E-state index contributed by atoms with van der Waals surface area (Å²) in [6, 6.07) is 3.31. The lowest BCUT2D eigenvalue weighted by molar-refractivity contribution is -0.172. The third kappa shape index (κ3) is 4.83. The van der Waals surface area contributed by atoms with Crippen LogP contribution in [0.3, 0.4) is 0 Å². The highest BCUT2D eigenvalue weighted by atomic mass is 19.4. The van der Waals surface area contributed by atoms with Gasteiger partial charge in [-0.05, 0) is 12.1 Å². The van der Waals surface area contributed by atoms with Crippen molar-refractivity contribution in [2.75, 3.05) is 30.8 Å². The maximum absolute atomic E-state index is 11.7. The van der Waals surface area contributed by atoms with Crippen LogP contribution in [0.5, 0.6) is 0 Å². The lowest BCUT2D eigenvalue weighted by Gasteiger charge is -2.09. The van der Waals surface area contributed by atoms with Gasteiger partial charge in [0.1, 0.15) is 12.4 Å². The number of nitrogens with zero attached hydrogens (tertiary/aromatic N) is 1. The predicted molar refractivity (Wildman–Crippen MR) is 54.0 cm³/mol. The number of nitrogen functional groups attached to an aromatic ring is 1. The van der Waals surface area contributed by atoms with E-state index in [0.29, 0.717) is 11.5 Å². The Morgan fingerprint density at radius 2 is 2.19 bits per heavy atom. The minimum Gasteiger partial charge on any atom is -0.396 e. The van der Waals surface area contributed by atoms with Crippen LogP contribution in [0, 0.1) is 0 Å². The van der Waals surface area contributed by atoms with Gasteiger partial charge in [-0.3, -0.25) is 0 Å². The van der Waals surface area contributed by atoms with Crippen molar-refractivity contribution < 1.29 is 17.9 Å². The second kappa shape index (κ2) is 5.55. The number of aromatic nitrogens is 1. The van der Waals surface area contributed by atoms with E-state index in [1.807, 2.05) is 0 Å². The number of halogens is 3. The molecule has 0 aliphatic rings. The van der Waals surface area contributed by atoms with Crippen molar-refractivity contribution in [2.24, 2.45) is 0 Å². The topological polar surface area (TPSA) is 60.2 Å². The summed E-state index contributed by atoms with van der Waals surface area (Å²) >= 11 is 0. The van der Waals surface area contributed by atoms with Gasteiger partial charge in [-0.25, -0.2) is 4.98 Å². The molecule has 0 fully saturated rings. The summed E-state index contributed by atoms with van der Waals surface area (Å²) in [6.45, 7) is -1.08. The fourth-order valence-electron chi connectivity index (χ4n) is 0.995. The Bertz CT molecular complexity index is 330. The van der Waals surface area contributed by atoms with Gasteiger partial charge in [-0.15, -0.1) is 0 Å². The van der Waals surface area contributed by atoms with Crippen LogP contribution in [-0.2, 0) is 4.74 Å². The molecule has 16 heavy (non-hydrogen) atoms. The van der Waals surface area contributed by atoms with E-state index in [-0.39, 0.29) is 13.2 Å². The highest BCUT2D eigenvalue weighted by Crippen LogP contribution is 2.14. The molecule has 0 aliphatic heterocycles. The van der Waals surface area contributed by atoms with E-state index in [9.17, 15) is 13.2 Å². The van der Waals surface area contributed by atoms with Gasteiger partial charge in [0.05, 0.1) is 12.3 Å². The summed E-state index contributed by atoms with van der Waals surface area (Å²) in [5.74, 6) is 0.443. The molecule has 0 unspecified atom stereocenters. The molecule has 0 spiro atoms. The normalized spacial score (nSPS) is 11.4. The molecule has 0 radical (unpaired) electrons. The third-order valence-electron chi connectivity index (χ3n) is 1.64. The minimum atomic E-state index is -4.29. The Morgan fingerprint density at radius 3 is 2.81 bits per heavy atom. The van der Waals surface area contributed by atoms with Crippen molar-refractivity contribution in [1.82, 2.24) is 4.98 Å². The van der Waals surface area contributed by atoms with E-state index in [2.05, 4.69) is 15.0 Å². The standard InChI is InChI=1S/C9H12F3N3O/c10-9(11,12)6-16-5-4-15-8-7(13)2-1-3-14-8/h1-3H,4-6,13H2,(H,14,15). The zero-order chi connectivity index (χ0) is 12.0. The number of alkyl halides is 3. The fourth-order valence-corrected chi connectivity index (χ4v) is 0.995.